The van der Waals surface area contributed by atoms with Gasteiger partial charge in [0.1, 0.15) is 0 Å². The Hall–Kier alpha value is -0.930. The van der Waals surface area contributed by atoms with E-state index in [2.05, 4.69) is 0 Å². The molecule has 0 unspecified atom stereocenters. The lowest BCUT2D eigenvalue weighted by atomic mass is 10.0. The van der Waals surface area contributed by atoms with Gasteiger partial charge in [-0.15, -0.1) is 0 Å². The van der Waals surface area contributed by atoms with Gasteiger partial charge in [-0.1, -0.05) is 17.7 Å². The van der Waals surface area contributed by atoms with Crippen molar-refractivity contribution in [2.24, 2.45) is 5.73 Å². The quantitative estimate of drug-likeness (QED) is 0.790. The summed E-state index contributed by atoms with van der Waals surface area (Å²) >= 11 is 5.76. The van der Waals surface area contributed by atoms with E-state index in [4.69, 9.17) is 22.1 Å². The first-order chi connectivity index (χ1) is 6.58. The normalized spacial score (nSPS) is 17.9. The Labute approximate surface area is 87.4 Å². The molecule has 1 aliphatic carbocycles. The molecular weight excluding hydrogens is 202 g/mol. The van der Waals surface area contributed by atoms with Crippen LogP contribution in [0.4, 0.5) is 0 Å². The molecule has 0 aromatic heterocycles. The molecule has 3 N–H and O–H groups in total. The van der Waals surface area contributed by atoms with Crippen molar-refractivity contribution in [2.45, 2.75) is 18.4 Å². The van der Waals surface area contributed by atoms with Crippen LogP contribution >= 0.6 is 11.6 Å². The van der Waals surface area contributed by atoms with E-state index in [9.17, 15) is 5.11 Å². The van der Waals surface area contributed by atoms with Crippen LogP contribution < -0.4 is 10.5 Å². The average molecular weight is 214 g/mol. The molecule has 0 radical (unpaired) electrons. The molecule has 1 aliphatic rings. The summed E-state index contributed by atoms with van der Waals surface area (Å²) in [7, 11) is 1.50. The molecule has 14 heavy (non-hydrogen) atoms. The molecule has 1 saturated carbocycles. The summed E-state index contributed by atoms with van der Waals surface area (Å²) in [5.74, 6) is 0.376. The lowest BCUT2D eigenvalue weighted by molar-refractivity contribution is 0.365. The summed E-state index contributed by atoms with van der Waals surface area (Å²) in [4.78, 5) is 0. The molecule has 0 spiro atoms. The second-order valence-electron chi connectivity index (χ2n) is 3.63. The fraction of sp³-hybridized carbons (Fsp3) is 0.400. The Balaban J connectivity index is 2.55. The monoisotopic (exact) mass is 213 g/mol. The van der Waals surface area contributed by atoms with Gasteiger partial charge in [0, 0.05) is 11.1 Å². The van der Waals surface area contributed by atoms with E-state index in [1.54, 1.807) is 6.07 Å². The van der Waals surface area contributed by atoms with Crippen LogP contribution in [0.5, 0.6) is 11.5 Å². The highest BCUT2D eigenvalue weighted by molar-refractivity contribution is 6.32. The molecule has 0 bridgehead atoms. The smallest absolute Gasteiger partial charge is 0.177 e. The largest absolute Gasteiger partial charge is 0.503 e. The molecule has 0 amide bonds. The van der Waals surface area contributed by atoms with Crippen molar-refractivity contribution in [1.82, 2.24) is 0 Å². The molecule has 1 fully saturated rings. The maximum Gasteiger partial charge on any atom is 0.177 e. The van der Waals surface area contributed by atoms with E-state index in [0.717, 1.165) is 18.4 Å². The highest BCUT2D eigenvalue weighted by Crippen LogP contribution is 2.50. The minimum absolute atomic E-state index is 0.0246. The summed E-state index contributed by atoms with van der Waals surface area (Å²) in [6.07, 6.45) is 1.84. The Morgan fingerprint density at radius 2 is 2.14 bits per heavy atom. The topological polar surface area (TPSA) is 55.5 Å². The van der Waals surface area contributed by atoms with Crippen molar-refractivity contribution in [2.75, 3.05) is 7.11 Å². The summed E-state index contributed by atoms with van der Waals surface area (Å²) in [6.45, 7) is 0. The van der Waals surface area contributed by atoms with E-state index in [-0.39, 0.29) is 16.3 Å². The number of methoxy groups -OCH3 is 1. The number of rotatable bonds is 2. The highest BCUT2D eigenvalue weighted by atomic mass is 35.5. The van der Waals surface area contributed by atoms with E-state index in [1.165, 1.54) is 7.11 Å². The third-order valence-electron chi connectivity index (χ3n) is 2.61. The summed E-state index contributed by atoms with van der Waals surface area (Å²) in [6, 6.07) is 3.45. The van der Waals surface area contributed by atoms with Crippen molar-refractivity contribution >= 4 is 11.6 Å². The summed E-state index contributed by atoms with van der Waals surface area (Å²) in [5, 5.41) is 9.94. The average Bonchev–Trinajstić information content (AvgIpc) is 2.89. The van der Waals surface area contributed by atoms with Crippen LogP contribution in [0.3, 0.4) is 0 Å². The van der Waals surface area contributed by atoms with Gasteiger partial charge in [-0.25, -0.2) is 0 Å². The van der Waals surface area contributed by atoms with Crippen molar-refractivity contribution in [1.29, 1.82) is 0 Å². The molecular formula is C10H12ClNO2. The van der Waals surface area contributed by atoms with E-state index < -0.39 is 0 Å². The van der Waals surface area contributed by atoms with Gasteiger partial charge >= 0.3 is 0 Å². The van der Waals surface area contributed by atoms with Gasteiger partial charge in [-0.2, -0.15) is 0 Å². The van der Waals surface area contributed by atoms with Crippen LogP contribution in [0.15, 0.2) is 12.1 Å². The number of benzene rings is 1. The zero-order chi connectivity index (χ0) is 10.3. The summed E-state index contributed by atoms with van der Waals surface area (Å²) < 4.78 is 5.11. The number of nitrogens with two attached hydrogens (primary N) is 1. The van der Waals surface area contributed by atoms with Gasteiger partial charge in [0.2, 0.25) is 0 Å². The molecule has 3 nitrogen and oxygen atoms in total. The van der Waals surface area contributed by atoms with Crippen LogP contribution in [0, 0.1) is 0 Å². The van der Waals surface area contributed by atoms with E-state index in [1.807, 2.05) is 6.07 Å². The van der Waals surface area contributed by atoms with Gasteiger partial charge in [-0.05, 0) is 18.9 Å². The van der Waals surface area contributed by atoms with Crippen molar-refractivity contribution in [3.05, 3.63) is 22.7 Å². The fourth-order valence-electron chi connectivity index (χ4n) is 1.55. The van der Waals surface area contributed by atoms with E-state index in [0.29, 0.717) is 5.75 Å². The maximum atomic E-state index is 9.66. The highest BCUT2D eigenvalue weighted by Gasteiger charge is 2.43. The number of halogens is 1. The number of hydrogen-bond acceptors (Lipinski definition) is 3. The van der Waals surface area contributed by atoms with Crippen LogP contribution in [0.1, 0.15) is 18.4 Å². The second kappa shape index (κ2) is 3.04. The van der Waals surface area contributed by atoms with Crippen molar-refractivity contribution in [3.8, 4) is 11.5 Å². The first-order valence-corrected chi connectivity index (χ1v) is 4.81. The predicted molar refractivity (Wildman–Crippen MR) is 54.8 cm³/mol. The molecule has 1 aromatic rings. The fourth-order valence-corrected chi connectivity index (χ4v) is 1.70. The Morgan fingerprint density at radius 1 is 1.50 bits per heavy atom. The zero-order valence-electron chi connectivity index (χ0n) is 7.88. The lowest BCUT2D eigenvalue weighted by Crippen LogP contribution is -2.19. The minimum atomic E-state index is -0.326. The Morgan fingerprint density at radius 3 is 2.64 bits per heavy atom. The molecule has 4 heteroatoms. The molecule has 0 saturated heterocycles. The zero-order valence-corrected chi connectivity index (χ0v) is 8.64. The molecule has 2 rings (SSSR count). The van der Waals surface area contributed by atoms with Gasteiger partial charge in [0.15, 0.2) is 11.5 Å². The maximum absolute atomic E-state index is 9.66. The van der Waals surface area contributed by atoms with Gasteiger partial charge < -0.3 is 15.6 Å². The third kappa shape index (κ3) is 1.33. The molecule has 1 aromatic carbocycles. The first-order valence-electron chi connectivity index (χ1n) is 4.43. The van der Waals surface area contributed by atoms with Crippen LogP contribution in [-0.2, 0) is 5.54 Å². The Bertz CT molecular complexity index is 375. The van der Waals surface area contributed by atoms with Crippen molar-refractivity contribution in [3.63, 3.8) is 0 Å². The van der Waals surface area contributed by atoms with Crippen molar-refractivity contribution < 1.29 is 9.84 Å². The van der Waals surface area contributed by atoms with Gasteiger partial charge in [0.25, 0.3) is 0 Å². The van der Waals surface area contributed by atoms with E-state index >= 15 is 0 Å². The standard InChI is InChI=1S/C10H12ClNO2/c1-14-9-6(10(12)4-5-10)2-3-7(11)8(9)13/h2-3,13H,4-5,12H2,1H3. The van der Waals surface area contributed by atoms with Crippen LogP contribution in [0.2, 0.25) is 5.02 Å². The Kier molecular flexibility index (Phi) is 2.09. The number of hydrogen-bond donors (Lipinski definition) is 2. The molecule has 76 valence electrons. The SMILES string of the molecule is COc1c(C2(N)CC2)ccc(Cl)c1O. The number of phenols is 1. The number of phenolic OH excluding ortho intramolecular Hbond substituents is 1. The molecule has 0 heterocycles. The third-order valence-corrected chi connectivity index (χ3v) is 2.92. The predicted octanol–water partition coefficient (Wildman–Crippen LogP) is 2.00. The number of ether oxygens (including phenoxy) is 1. The second-order valence-corrected chi connectivity index (χ2v) is 4.04. The number of aromatic hydroxyl groups is 1. The first kappa shape index (κ1) is 9.62. The van der Waals surface area contributed by atoms with Crippen LogP contribution in [0.25, 0.3) is 0 Å². The van der Waals surface area contributed by atoms with Gasteiger partial charge in [-0.3, -0.25) is 0 Å². The molecule has 0 aliphatic heterocycles. The van der Waals surface area contributed by atoms with Crippen LogP contribution in [-0.4, -0.2) is 12.2 Å². The molecule has 0 atom stereocenters. The minimum Gasteiger partial charge on any atom is -0.503 e. The summed E-state index contributed by atoms with van der Waals surface area (Å²) in [5.41, 5.74) is 6.54. The lowest BCUT2D eigenvalue weighted by Gasteiger charge is -2.15. The van der Waals surface area contributed by atoms with Gasteiger partial charge in [0.05, 0.1) is 12.1 Å².